The molecule has 5 aromatic carbocycles. The van der Waals surface area contributed by atoms with Crippen molar-refractivity contribution in [1.82, 2.24) is 5.32 Å². The fourth-order valence-electron chi connectivity index (χ4n) is 5.58. The molecule has 1 amide bonds. The monoisotopic (exact) mass is 679 g/mol. The van der Waals surface area contributed by atoms with Crippen molar-refractivity contribution in [2.45, 2.75) is 31.6 Å². The number of amides is 1. The van der Waals surface area contributed by atoms with Gasteiger partial charge in [-0.3, -0.25) is 9.05 Å². The summed E-state index contributed by atoms with van der Waals surface area (Å²) in [6, 6.07) is 40.9. The molecule has 1 aliphatic carbocycles. The van der Waals surface area contributed by atoms with Crippen molar-refractivity contribution < 1.29 is 33.0 Å². The van der Waals surface area contributed by atoms with Crippen LogP contribution in [0.5, 0.6) is 5.75 Å². The predicted octanol–water partition coefficient (Wildman–Crippen LogP) is 8.26. The molecule has 0 unspecified atom stereocenters. The largest absolute Gasteiger partial charge is 0.480 e. The number of carboxylic acid groups (broad SMARTS) is 1. The first-order chi connectivity index (χ1) is 23.4. The van der Waals surface area contributed by atoms with E-state index in [1.165, 1.54) is 0 Å². The van der Waals surface area contributed by atoms with E-state index in [1.807, 2.05) is 97.1 Å². The molecule has 8 nitrogen and oxygen atoms in total. The van der Waals surface area contributed by atoms with Gasteiger partial charge in [-0.1, -0.05) is 121 Å². The molecule has 5 aromatic rings. The summed E-state index contributed by atoms with van der Waals surface area (Å²) in [5.74, 6) is -0.894. The van der Waals surface area contributed by atoms with Crippen molar-refractivity contribution in [3.8, 4) is 16.9 Å². The summed E-state index contributed by atoms with van der Waals surface area (Å²) in [7, 11) is 0. The van der Waals surface area contributed by atoms with Crippen LogP contribution in [0, 0.1) is 0 Å². The second-order valence-corrected chi connectivity index (χ2v) is 14.2. The summed E-state index contributed by atoms with van der Waals surface area (Å²) in [5, 5.41) is 12.4. The van der Waals surface area contributed by atoms with Crippen molar-refractivity contribution in [3.05, 3.63) is 161 Å². The molecule has 6 rings (SSSR count). The number of carboxylic acids is 1. The zero-order chi connectivity index (χ0) is 33.3. The molecule has 10 heteroatoms. The van der Waals surface area contributed by atoms with Gasteiger partial charge in [-0.15, -0.1) is 0 Å². The number of hydrogen-bond donors (Lipinski definition) is 2. The lowest BCUT2D eigenvalue weighted by Gasteiger charge is -2.23. The molecule has 48 heavy (non-hydrogen) atoms. The highest BCUT2D eigenvalue weighted by molar-refractivity contribution is 8.07. The maximum absolute atomic E-state index is 12.8. The standard InChI is InChI=1S/C38H34NO7PS/c40-37(41)36(39-38(42)43-26-35-33-17-9-7-15-31(33)32-16-8-10-18-34(32)35)23-27-19-21-30(22-20-27)46-47(48,44-24-28-11-3-1-4-12-28)45-25-29-13-5-2-6-14-29/h1-22,35-36H,23-26H2,(H,39,42)(H,40,41)/t36-/m0/s1. The lowest BCUT2D eigenvalue weighted by atomic mass is 9.98. The molecule has 0 spiro atoms. The summed E-state index contributed by atoms with van der Waals surface area (Å²) in [6.45, 7) is -2.73. The Bertz CT molecular complexity index is 1810. The third-order valence-electron chi connectivity index (χ3n) is 7.98. The number of carbonyl (C=O) groups excluding carboxylic acids is 1. The highest BCUT2D eigenvalue weighted by Crippen LogP contribution is 2.51. The highest BCUT2D eigenvalue weighted by atomic mass is 32.5. The van der Waals surface area contributed by atoms with E-state index in [4.69, 9.17) is 30.1 Å². The summed E-state index contributed by atoms with van der Waals surface area (Å²) in [4.78, 5) is 24.9. The number of alkyl carbamates (subject to hydrolysis) is 1. The first kappa shape index (κ1) is 33.1. The summed E-state index contributed by atoms with van der Waals surface area (Å²) in [6.07, 6.45) is -0.765. The van der Waals surface area contributed by atoms with E-state index >= 15 is 0 Å². The van der Waals surface area contributed by atoms with Crippen LogP contribution in [-0.4, -0.2) is 29.8 Å². The van der Waals surface area contributed by atoms with E-state index < -0.39 is 24.8 Å². The van der Waals surface area contributed by atoms with Crippen LogP contribution in [0.3, 0.4) is 0 Å². The number of nitrogens with one attached hydrogen (secondary N) is 1. The number of aliphatic carboxylic acids is 1. The Labute approximate surface area is 284 Å². The maximum atomic E-state index is 12.8. The quantitative estimate of drug-likeness (QED) is 0.113. The second kappa shape index (κ2) is 15.4. The van der Waals surface area contributed by atoms with Gasteiger partial charge >= 0.3 is 18.8 Å². The van der Waals surface area contributed by atoms with Crippen molar-refractivity contribution in [2.75, 3.05) is 6.61 Å². The molecule has 0 heterocycles. The first-order valence-corrected chi connectivity index (χ1v) is 18.0. The fourth-order valence-corrected chi connectivity index (χ4v) is 7.33. The smallest absolute Gasteiger partial charge is 0.407 e. The van der Waals surface area contributed by atoms with Gasteiger partial charge in [0, 0.05) is 24.1 Å². The van der Waals surface area contributed by atoms with Crippen molar-refractivity contribution in [1.29, 1.82) is 0 Å². The Kier molecular flexibility index (Phi) is 10.6. The van der Waals surface area contributed by atoms with Gasteiger partial charge in [0.05, 0.1) is 13.2 Å². The van der Waals surface area contributed by atoms with E-state index in [0.717, 1.165) is 33.4 Å². The zero-order valence-corrected chi connectivity index (χ0v) is 27.6. The summed E-state index contributed by atoms with van der Waals surface area (Å²) < 4.78 is 23.8. The SMILES string of the molecule is O=C(N[C@@H](Cc1ccc(OP(=S)(OCc2ccccc2)OCc2ccccc2)cc1)C(=O)O)OCC1c2ccccc2-c2ccccc21. The minimum Gasteiger partial charge on any atom is -0.480 e. The number of ether oxygens (including phenoxy) is 1. The molecule has 1 atom stereocenters. The molecule has 0 saturated carbocycles. The van der Waals surface area contributed by atoms with Crippen molar-refractivity contribution in [3.63, 3.8) is 0 Å². The minimum atomic E-state index is -3.24. The fraction of sp³-hybridized carbons (Fsp3) is 0.158. The maximum Gasteiger partial charge on any atom is 0.407 e. The average molecular weight is 680 g/mol. The van der Waals surface area contributed by atoms with Crippen LogP contribution in [0.2, 0.25) is 0 Å². The van der Waals surface area contributed by atoms with E-state index in [2.05, 4.69) is 17.4 Å². The zero-order valence-electron chi connectivity index (χ0n) is 25.9. The Morgan fingerprint density at radius 2 is 1.19 bits per heavy atom. The van der Waals surface area contributed by atoms with E-state index in [0.29, 0.717) is 11.3 Å². The van der Waals surface area contributed by atoms with Crippen molar-refractivity contribution >= 4 is 30.6 Å². The number of benzene rings is 5. The van der Waals surface area contributed by atoms with E-state index in [1.54, 1.807) is 24.3 Å². The lowest BCUT2D eigenvalue weighted by molar-refractivity contribution is -0.139. The van der Waals surface area contributed by atoms with Gasteiger partial charge in [0.2, 0.25) is 0 Å². The third-order valence-corrected chi connectivity index (χ3v) is 10.2. The number of hydrogen-bond acceptors (Lipinski definition) is 7. The van der Waals surface area contributed by atoms with Gasteiger partial charge < -0.3 is 19.7 Å². The molecule has 2 N–H and O–H groups in total. The highest BCUT2D eigenvalue weighted by Gasteiger charge is 2.30. The van der Waals surface area contributed by atoms with Gasteiger partial charge in [-0.2, -0.15) is 0 Å². The number of rotatable bonds is 14. The second-order valence-electron chi connectivity index (χ2n) is 11.3. The molecule has 0 aromatic heterocycles. The first-order valence-electron chi connectivity index (χ1n) is 15.5. The molecular formula is C38H34NO7PS. The van der Waals surface area contributed by atoms with Crippen LogP contribution in [-0.2, 0) is 50.0 Å². The van der Waals surface area contributed by atoms with Crippen molar-refractivity contribution in [2.24, 2.45) is 0 Å². The Hall–Kier alpha value is -4.79. The molecule has 0 aliphatic heterocycles. The summed E-state index contributed by atoms with van der Waals surface area (Å²) >= 11 is 5.78. The van der Waals surface area contributed by atoms with Crippen LogP contribution < -0.4 is 9.84 Å². The van der Waals surface area contributed by atoms with Crippen LogP contribution in [0.4, 0.5) is 4.79 Å². The van der Waals surface area contributed by atoms with Crippen LogP contribution in [0.25, 0.3) is 11.1 Å². The van der Waals surface area contributed by atoms with Gasteiger partial charge in [0.25, 0.3) is 0 Å². The minimum absolute atomic E-state index is 0.0307. The lowest BCUT2D eigenvalue weighted by Crippen LogP contribution is -2.42. The van der Waals surface area contributed by atoms with E-state index in [9.17, 15) is 14.7 Å². The number of carbonyl (C=O) groups is 2. The molecule has 244 valence electrons. The van der Waals surface area contributed by atoms with Crippen LogP contribution >= 0.6 is 6.72 Å². The van der Waals surface area contributed by atoms with Gasteiger partial charge in [-0.05, 0) is 51.1 Å². The molecule has 1 aliphatic rings. The molecule has 0 fully saturated rings. The number of fused-ring (bicyclic) bond motifs is 3. The molecule has 0 bridgehead atoms. The average Bonchev–Trinajstić information content (AvgIpc) is 3.44. The Morgan fingerprint density at radius 1 is 0.688 bits per heavy atom. The Morgan fingerprint density at radius 3 is 1.71 bits per heavy atom. The van der Waals surface area contributed by atoms with Gasteiger partial charge in [0.1, 0.15) is 18.4 Å². The third kappa shape index (κ3) is 8.37. The van der Waals surface area contributed by atoms with Crippen LogP contribution in [0.15, 0.2) is 133 Å². The van der Waals surface area contributed by atoms with Gasteiger partial charge in [-0.25, -0.2) is 9.59 Å². The predicted molar refractivity (Wildman–Crippen MR) is 187 cm³/mol. The molecule has 0 saturated heterocycles. The molecule has 0 radical (unpaired) electrons. The van der Waals surface area contributed by atoms with Gasteiger partial charge in [0.15, 0.2) is 0 Å². The molecular weight excluding hydrogens is 645 g/mol. The normalized spacial score (nSPS) is 12.8. The van der Waals surface area contributed by atoms with E-state index in [-0.39, 0.29) is 32.2 Å². The van der Waals surface area contributed by atoms with Crippen LogP contribution in [0.1, 0.15) is 33.7 Å². The topological polar surface area (TPSA) is 103 Å². The summed E-state index contributed by atoms with van der Waals surface area (Å²) in [5.41, 5.74) is 6.89. The Balaban J connectivity index is 1.07.